The molecule has 3 aromatic rings. The lowest BCUT2D eigenvalue weighted by Crippen LogP contribution is -2.48. The topological polar surface area (TPSA) is 78.7 Å². The number of piperazine rings is 1. The zero-order valence-electron chi connectivity index (χ0n) is 17.8. The zero-order valence-corrected chi connectivity index (χ0v) is 18.6. The number of carbonyl (C=O) groups excluding carboxylic acids is 2. The quantitative estimate of drug-likeness (QED) is 0.637. The third-order valence-electron chi connectivity index (χ3n) is 5.36. The van der Waals surface area contributed by atoms with E-state index in [1.54, 1.807) is 12.1 Å². The van der Waals surface area contributed by atoms with E-state index in [1.165, 1.54) is 17.6 Å². The molecule has 1 aliphatic rings. The van der Waals surface area contributed by atoms with Crippen LogP contribution in [0.25, 0.3) is 0 Å². The fourth-order valence-corrected chi connectivity index (χ4v) is 4.38. The lowest BCUT2D eigenvalue weighted by Gasteiger charge is -2.33. The van der Waals surface area contributed by atoms with Crippen molar-refractivity contribution in [2.75, 3.05) is 31.5 Å². The monoisotopic (exact) mass is 438 g/mol. The Morgan fingerprint density at radius 2 is 1.97 bits per heavy atom. The number of aromatic nitrogens is 1. The SMILES string of the molecule is Cc1ccc(C)c(NC(=O)Cc2nc(CN3CCN(C(=O)c4ccco4)CC3)cs2)c1. The van der Waals surface area contributed by atoms with Crippen molar-refractivity contribution in [3.05, 3.63) is 69.6 Å². The van der Waals surface area contributed by atoms with Gasteiger partial charge in [0, 0.05) is 43.8 Å². The lowest BCUT2D eigenvalue weighted by atomic mass is 10.1. The van der Waals surface area contributed by atoms with Gasteiger partial charge in [-0.05, 0) is 43.2 Å². The second-order valence-corrected chi connectivity index (χ2v) is 8.76. The number of nitrogens with zero attached hydrogens (tertiary/aromatic N) is 3. The van der Waals surface area contributed by atoms with Crippen molar-refractivity contribution in [2.24, 2.45) is 0 Å². The maximum atomic E-state index is 12.4. The Morgan fingerprint density at radius 3 is 2.71 bits per heavy atom. The summed E-state index contributed by atoms with van der Waals surface area (Å²) in [6.07, 6.45) is 1.79. The summed E-state index contributed by atoms with van der Waals surface area (Å²) >= 11 is 1.51. The molecule has 0 radical (unpaired) electrons. The van der Waals surface area contributed by atoms with Crippen LogP contribution in [0.2, 0.25) is 0 Å². The highest BCUT2D eigenvalue weighted by molar-refractivity contribution is 7.09. The molecule has 8 heteroatoms. The van der Waals surface area contributed by atoms with E-state index < -0.39 is 0 Å². The van der Waals surface area contributed by atoms with Crippen LogP contribution in [0.5, 0.6) is 0 Å². The van der Waals surface area contributed by atoms with Gasteiger partial charge in [0.2, 0.25) is 5.91 Å². The van der Waals surface area contributed by atoms with Gasteiger partial charge in [-0.25, -0.2) is 4.98 Å². The van der Waals surface area contributed by atoms with Crippen molar-refractivity contribution < 1.29 is 14.0 Å². The van der Waals surface area contributed by atoms with Gasteiger partial charge in [0.05, 0.1) is 18.4 Å². The molecular weight excluding hydrogens is 412 g/mol. The van der Waals surface area contributed by atoms with Crippen LogP contribution in [-0.4, -0.2) is 52.8 Å². The predicted octanol–water partition coefficient (Wildman–Crippen LogP) is 3.49. The molecule has 1 fully saturated rings. The first-order valence-corrected chi connectivity index (χ1v) is 11.2. The van der Waals surface area contributed by atoms with E-state index in [4.69, 9.17) is 4.42 Å². The first-order valence-electron chi connectivity index (χ1n) is 10.3. The van der Waals surface area contributed by atoms with Crippen LogP contribution in [0.1, 0.15) is 32.4 Å². The number of hydrogen-bond donors (Lipinski definition) is 1. The van der Waals surface area contributed by atoms with E-state index in [-0.39, 0.29) is 18.2 Å². The second kappa shape index (κ2) is 9.45. The summed E-state index contributed by atoms with van der Waals surface area (Å²) in [7, 11) is 0. The van der Waals surface area contributed by atoms with E-state index in [0.29, 0.717) is 18.8 Å². The number of nitrogens with one attached hydrogen (secondary N) is 1. The molecule has 3 heterocycles. The van der Waals surface area contributed by atoms with Crippen LogP contribution in [0, 0.1) is 13.8 Å². The van der Waals surface area contributed by atoms with E-state index in [0.717, 1.165) is 47.2 Å². The number of benzene rings is 1. The van der Waals surface area contributed by atoms with E-state index in [9.17, 15) is 9.59 Å². The number of rotatable bonds is 6. The number of amides is 2. The summed E-state index contributed by atoms with van der Waals surface area (Å²) in [5.74, 6) is 0.270. The van der Waals surface area contributed by atoms with Crippen LogP contribution in [0.4, 0.5) is 5.69 Å². The molecule has 0 unspecified atom stereocenters. The van der Waals surface area contributed by atoms with Gasteiger partial charge in [0.25, 0.3) is 5.91 Å². The molecule has 0 aliphatic carbocycles. The Bertz CT molecular complexity index is 1050. The van der Waals surface area contributed by atoms with Crippen molar-refractivity contribution in [3.63, 3.8) is 0 Å². The normalized spacial score (nSPS) is 14.6. The molecule has 31 heavy (non-hydrogen) atoms. The Kier molecular flexibility index (Phi) is 6.48. The molecule has 1 saturated heterocycles. The minimum absolute atomic E-state index is 0.0559. The molecular formula is C23H26N4O3S. The molecule has 0 bridgehead atoms. The van der Waals surface area contributed by atoms with Crippen molar-refractivity contribution in [2.45, 2.75) is 26.8 Å². The van der Waals surface area contributed by atoms with Crippen molar-refractivity contribution in [1.29, 1.82) is 0 Å². The molecule has 1 aliphatic heterocycles. The first kappa shape index (κ1) is 21.3. The summed E-state index contributed by atoms with van der Waals surface area (Å²) in [5, 5.41) is 5.81. The highest BCUT2D eigenvalue weighted by Crippen LogP contribution is 2.18. The Hall–Kier alpha value is -2.97. The van der Waals surface area contributed by atoms with E-state index >= 15 is 0 Å². The standard InChI is InChI=1S/C23H26N4O3S/c1-16-5-6-17(2)19(12-16)25-21(28)13-22-24-18(15-31-22)14-26-7-9-27(10-8-26)23(29)20-4-3-11-30-20/h3-6,11-12,15H,7-10,13-14H2,1-2H3,(H,25,28). The predicted molar refractivity (Wildman–Crippen MR) is 120 cm³/mol. The van der Waals surface area contributed by atoms with Crippen molar-refractivity contribution >= 4 is 28.8 Å². The van der Waals surface area contributed by atoms with Crippen LogP contribution in [0.3, 0.4) is 0 Å². The minimum Gasteiger partial charge on any atom is -0.459 e. The van der Waals surface area contributed by atoms with Crippen LogP contribution >= 0.6 is 11.3 Å². The average molecular weight is 439 g/mol. The van der Waals surface area contributed by atoms with Crippen LogP contribution in [-0.2, 0) is 17.8 Å². The molecule has 2 aromatic heterocycles. The highest BCUT2D eigenvalue weighted by atomic mass is 32.1. The first-order chi connectivity index (χ1) is 15.0. The Labute approximate surface area is 185 Å². The van der Waals surface area contributed by atoms with E-state index in [2.05, 4.69) is 15.2 Å². The zero-order chi connectivity index (χ0) is 21.8. The summed E-state index contributed by atoms with van der Waals surface area (Å²) in [6.45, 7) is 7.60. The molecule has 0 saturated carbocycles. The number of carbonyl (C=O) groups is 2. The highest BCUT2D eigenvalue weighted by Gasteiger charge is 2.24. The van der Waals surface area contributed by atoms with Crippen molar-refractivity contribution in [3.8, 4) is 0 Å². The number of hydrogen-bond acceptors (Lipinski definition) is 6. The van der Waals surface area contributed by atoms with E-state index in [1.807, 2.05) is 42.3 Å². The van der Waals surface area contributed by atoms with Gasteiger partial charge in [0.1, 0.15) is 5.01 Å². The largest absolute Gasteiger partial charge is 0.459 e. The van der Waals surface area contributed by atoms with Gasteiger partial charge in [-0.1, -0.05) is 12.1 Å². The average Bonchev–Trinajstić information content (AvgIpc) is 3.43. The smallest absolute Gasteiger partial charge is 0.289 e. The summed E-state index contributed by atoms with van der Waals surface area (Å²) in [4.78, 5) is 33.5. The van der Waals surface area contributed by atoms with Crippen molar-refractivity contribution in [1.82, 2.24) is 14.8 Å². The summed E-state index contributed by atoms with van der Waals surface area (Å²) in [6, 6.07) is 9.45. The molecule has 1 N–H and O–H groups in total. The summed E-state index contributed by atoms with van der Waals surface area (Å²) < 4.78 is 5.21. The second-order valence-electron chi connectivity index (χ2n) is 7.82. The van der Waals surface area contributed by atoms with Gasteiger partial charge in [-0.15, -0.1) is 11.3 Å². The lowest BCUT2D eigenvalue weighted by molar-refractivity contribution is -0.115. The Balaban J connectivity index is 1.26. The molecule has 1 aromatic carbocycles. The fourth-order valence-electron chi connectivity index (χ4n) is 3.60. The molecule has 0 spiro atoms. The summed E-state index contributed by atoms with van der Waals surface area (Å²) in [5.41, 5.74) is 3.97. The van der Waals surface area contributed by atoms with Gasteiger partial charge in [-0.2, -0.15) is 0 Å². The molecule has 2 amide bonds. The number of aryl methyl sites for hydroxylation is 2. The fraction of sp³-hybridized carbons (Fsp3) is 0.348. The van der Waals surface area contributed by atoms with Gasteiger partial charge < -0.3 is 14.6 Å². The minimum atomic E-state index is -0.0598. The third kappa shape index (κ3) is 5.39. The van der Waals surface area contributed by atoms with Gasteiger partial charge in [-0.3, -0.25) is 14.5 Å². The molecule has 162 valence electrons. The maximum Gasteiger partial charge on any atom is 0.289 e. The maximum absolute atomic E-state index is 12.4. The molecule has 0 atom stereocenters. The number of thiazole rings is 1. The van der Waals surface area contributed by atoms with Gasteiger partial charge in [0.15, 0.2) is 5.76 Å². The third-order valence-corrected chi connectivity index (χ3v) is 6.25. The van der Waals surface area contributed by atoms with Gasteiger partial charge >= 0.3 is 0 Å². The number of anilines is 1. The van der Waals surface area contributed by atoms with Crippen LogP contribution < -0.4 is 5.32 Å². The molecule has 4 rings (SSSR count). The Morgan fingerprint density at radius 1 is 1.16 bits per heavy atom. The van der Waals surface area contributed by atoms with Crippen LogP contribution in [0.15, 0.2) is 46.4 Å². The number of furan rings is 1. The molecule has 7 nitrogen and oxygen atoms in total.